The second kappa shape index (κ2) is 7.48. The molecule has 0 fully saturated rings. The molecule has 21 heavy (non-hydrogen) atoms. The lowest BCUT2D eigenvalue weighted by molar-refractivity contribution is 0.965. The Morgan fingerprint density at radius 1 is 1.14 bits per heavy atom. The number of rotatable bonds is 6. The smallest absolute Gasteiger partial charge is 0.147 e. The third-order valence-corrected chi connectivity index (χ3v) is 3.59. The summed E-state index contributed by atoms with van der Waals surface area (Å²) in [5.41, 5.74) is 2.09. The number of aryl methyl sites for hydroxylation is 1. The van der Waals surface area contributed by atoms with Gasteiger partial charge in [0.25, 0.3) is 0 Å². The number of aromatic nitrogens is 2. The fourth-order valence-corrected chi connectivity index (χ4v) is 2.32. The van der Waals surface area contributed by atoms with Crippen molar-refractivity contribution in [3.05, 3.63) is 45.7 Å². The Kier molecular flexibility index (Phi) is 5.65. The Hall–Kier alpha value is -1.52. The third kappa shape index (κ3) is 4.22. The van der Waals surface area contributed by atoms with Crippen molar-refractivity contribution in [1.82, 2.24) is 9.97 Å². The maximum Gasteiger partial charge on any atom is 0.147 e. The summed E-state index contributed by atoms with van der Waals surface area (Å²) in [6.07, 6.45) is 2.77. The van der Waals surface area contributed by atoms with Crippen LogP contribution in [0.15, 0.2) is 24.4 Å². The monoisotopic (exact) mass is 324 g/mol. The van der Waals surface area contributed by atoms with E-state index in [0.717, 1.165) is 24.2 Å². The van der Waals surface area contributed by atoms with E-state index in [1.807, 2.05) is 19.1 Å². The van der Waals surface area contributed by atoms with Crippen LogP contribution >= 0.6 is 23.2 Å². The largest absolute Gasteiger partial charge is 0.369 e. The Bertz CT molecular complexity index is 617. The molecule has 2 N–H and O–H groups in total. The van der Waals surface area contributed by atoms with Crippen molar-refractivity contribution in [3.8, 4) is 0 Å². The number of hydrogen-bond acceptors (Lipinski definition) is 4. The minimum atomic E-state index is 0.496. The van der Waals surface area contributed by atoms with E-state index in [2.05, 4.69) is 27.5 Å². The molecule has 0 saturated carbocycles. The van der Waals surface area contributed by atoms with Gasteiger partial charge in [0.05, 0.1) is 22.3 Å². The molecule has 0 aliphatic rings. The fraction of sp³-hybridized carbons (Fsp3) is 0.333. The Balaban J connectivity index is 2.14. The molecule has 112 valence electrons. The van der Waals surface area contributed by atoms with Gasteiger partial charge in [-0.2, -0.15) is 0 Å². The van der Waals surface area contributed by atoms with Gasteiger partial charge < -0.3 is 10.6 Å². The van der Waals surface area contributed by atoms with Crippen LogP contribution in [0.2, 0.25) is 10.0 Å². The standard InChI is InChI=1S/C15H18Cl2N4/c1-3-6-19-14-11(16)8-12(17)15(21-14)20-9-13-10(2)5-4-7-18-13/h4-5,7-8H,3,6,9H2,1-2H3,(H2,19,20,21). The fourth-order valence-electron chi connectivity index (χ4n) is 1.83. The molecular formula is C15H18Cl2N4. The lowest BCUT2D eigenvalue weighted by Gasteiger charge is -2.12. The predicted molar refractivity (Wildman–Crippen MR) is 89.3 cm³/mol. The minimum Gasteiger partial charge on any atom is -0.369 e. The van der Waals surface area contributed by atoms with Crippen LogP contribution in [0.4, 0.5) is 11.6 Å². The second-order valence-electron chi connectivity index (χ2n) is 4.70. The highest BCUT2D eigenvalue weighted by atomic mass is 35.5. The summed E-state index contributed by atoms with van der Waals surface area (Å²) >= 11 is 12.3. The number of nitrogens with zero attached hydrogens (tertiary/aromatic N) is 2. The molecule has 0 aliphatic heterocycles. The van der Waals surface area contributed by atoms with E-state index < -0.39 is 0 Å². The zero-order valence-electron chi connectivity index (χ0n) is 12.1. The molecule has 4 nitrogen and oxygen atoms in total. The van der Waals surface area contributed by atoms with Gasteiger partial charge in [-0.05, 0) is 31.0 Å². The number of hydrogen-bond donors (Lipinski definition) is 2. The van der Waals surface area contributed by atoms with Crippen molar-refractivity contribution in [3.63, 3.8) is 0 Å². The van der Waals surface area contributed by atoms with Gasteiger partial charge in [0.2, 0.25) is 0 Å². The van der Waals surface area contributed by atoms with E-state index in [-0.39, 0.29) is 0 Å². The van der Waals surface area contributed by atoms with Crippen molar-refractivity contribution >= 4 is 34.8 Å². The highest BCUT2D eigenvalue weighted by Crippen LogP contribution is 2.29. The van der Waals surface area contributed by atoms with Gasteiger partial charge in [-0.1, -0.05) is 36.2 Å². The Labute approximate surface area is 134 Å². The van der Waals surface area contributed by atoms with Gasteiger partial charge >= 0.3 is 0 Å². The highest BCUT2D eigenvalue weighted by Gasteiger charge is 2.09. The van der Waals surface area contributed by atoms with Crippen LogP contribution in [0.25, 0.3) is 0 Å². The summed E-state index contributed by atoms with van der Waals surface area (Å²) < 4.78 is 0. The van der Waals surface area contributed by atoms with Gasteiger partial charge in [0, 0.05) is 12.7 Å². The normalized spacial score (nSPS) is 10.5. The number of nitrogens with one attached hydrogen (secondary N) is 2. The highest BCUT2D eigenvalue weighted by molar-refractivity contribution is 6.37. The number of anilines is 2. The van der Waals surface area contributed by atoms with Crippen LogP contribution in [0.1, 0.15) is 24.6 Å². The zero-order valence-corrected chi connectivity index (χ0v) is 13.6. The summed E-state index contributed by atoms with van der Waals surface area (Å²) in [7, 11) is 0. The summed E-state index contributed by atoms with van der Waals surface area (Å²) in [6.45, 7) is 5.48. The first kappa shape index (κ1) is 15.9. The first-order chi connectivity index (χ1) is 10.1. The molecule has 0 saturated heterocycles. The van der Waals surface area contributed by atoms with Gasteiger partial charge in [0.15, 0.2) is 0 Å². The molecular weight excluding hydrogens is 307 g/mol. The van der Waals surface area contributed by atoms with Gasteiger partial charge in [0.1, 0.15) is 11.6 Å². The van der Waals surface area contributed by atoms with Gasteiger partial charge in [-0.15, -0.1) is 0 Å². The van der Waals surface area contributed by atoms with Gasteiger partial charge in [-0.3, -0.25) is 4.98 Å². The molecule has 2 rings (SSSR count). The topological polar surface area (TPSA) is 49.8 Å². The number of halogens is 2. The Morgan fingerprint density at radius 2 is 1.86 bits per heavy atom. The summed E-state index contributed by atoms with van der Waals surface area (Å²) in [4.78, 5) is 8.78. The molecule has 0 unspecified atom stereocenters. The molecule has 0 aromatic carbocycles. The second-order valence-corrected chi connectivity index (χ2v) is 5.51. The van der Waals surface area contributed by atoms with Crippen molar-refractivity contribution in [2.45, 2.75) is 26.8 Å². The zero-order chi connectivity index (χ0) is 15.2. The molecule has 6 heteroatoms. The van der Waals surface area contributed by atoms with E-state index >= 15 is 0 Å². The maximum absolute atomic E-state index is 6.18. The van der Waals surface area contributed by atoms with Crippen molar-refractivity contribution in [2.24, 2.45) is 0 Å². The van der Waals surface area contributed by atoms with Crippen molar-refractivity contribution < 1.29 is 0 Å². The summed E-state index contributed by atoms with van der Waals surface area (Å²) in [5, 5.41) is 7.41. The third-order valence-electron chi connectivity index (χ3n) is 3.01. The van der Waals surface area contributed by atoms with Crippen molar-refractivity contribution in [2.75, 3.05) is 17.2 Å². The van der Waals surface area contributed by atoms with E-state index in [1.165, 1.54) is 0 Å². The average molecular weight is 325 g/mol. The first-order valence-electron chi connectivity index (χ1n) is 6.86. The van der Waals surface area contributed by atoms with Crippen LogP contribution in [-0.2, 0) is 6.54 Å². The van der Waals surface area contributed by atoms with E-state index in [4.69, 9.17) is 23.2 Å². The van der Waals surface area contributed by atoms with Crippen LogP contribution in [0.5, 0.6) is 0 Å². The molecule has 2 heterocycles. The van der Waals surface area contributed by atoms with Gasteiger partial charge in [-0.25, -0.2) is 4.98 Å². The van der Waals surface area contributed by atoms with Crippen LogP contribution in [0.3, 0.4) is 0 Å². The molecule has 0 bridgehead atoms. The first-order valence-corrected chi connectivity index (χ1v) is 7.61. The van der Waals surface area contributed by atoms with E-state index in [9.17, 15) is 0 Å². The summed E-state index contributed by atoms with van der Waals surface area (Å²) in [5.74, 6) is 1.24. The lowest BCUT2D eigenvalue weighted by atomic mass is 10.2. The molecule has 0 amide bonds. The van der Waals surface area contributed by atoms with Crippen molar-refractivity contribution in [1.29, 1.82) is 0 Å². The molecule has 2 aromatic heterocycles. The predicted octanol–water partition coefficient (Wildman–Crippen LogP) is 4.53. The molecule has 0 atom stereocenters. The maximum atomic E-state index is 6.18. The van der Waals surface area contributed by atoms with Crippen LogP contribution in [-0.4, -0.2) is 16.5 Å². The SMILES string of the molecule is CCCNc1nc(NCc2ncccc2C)c(Cl)cc1Cl. The summed E-state index contributed by atoms with van der Waals surface area (Å²) in [6, 6.07) is 5.63. The quantitative estimate of drug-likeness (QED) is 0.819. The van der Waals surface area contributed by atoms with E-state index in [0.29, 0.717) is 28.2 Å². The van der Waals surface area contributed by atoms with Crippen LogP contribution in [0, 0.1) is 6.92 Å². The molecule has 0 aliphatic carbocycles. The average Bonchev–Trinajstić information content (AvgIpc) is 2.47. The lowest BCUT2D eigenvalue weighted by Crippen LogP contribution is -2.08. The molecule has 0 radical (unpaired) electrons. The minimum absolute atomic E-state index is 0.496. The van der Waals surface area contributed by atoms with E-state index in [1.54, 1.807) is 12.3 Å². The molecule has 0 spiro atoms. The van der Waals surface area contributed by atoms with Crippen LogP contribution < -0.4 is 10.6 Å². The molecule has 2 aromatic rings. The Morgan fingerprint density at radius 3 is 2.52 bits per heavy atom. The number of pyridine rings is 2.